The average Bonchev–Trinajstić information content (AvgIpc) is 3.60. The van der Waals surface area contributed by atoms with Gasteiger partial charge in [-0.25, -0.2) is 4.57 Å². The van der Waals surface area contributed by atoms with E-state index in [1.807, 2.05) is 24.3 Å². The van der Waals surface area contributed by atoms with E-state index in [0.717, 1.165) is 38.5 Å². The van der Waals surface area contributed by atoms with E-state index in [2.05, 4.69) is 26.0 Å². The van der Waals surface area contributed by atoms with Gasteiger partial charge in [-0.15, -0.1) is 0 Å². The standard InChI is InChI=1S/C49H86NO10P/c1-3-5-7-8-9-10-11-12-13-14-15-16-17-18-19-20-21-22-23-24-30-34-49(54)60-45(42-59-61(55,56)58-40-39-50)41-57-48(53)33-29-26-25-28-31-43-35-38-47(52)46(43)37-36-44(51)32-27-6-4-2/h12-13,25,28,35-38,43-46,51H,3-11,14-24,26-27,29-34,39-42,50H2,1-2H3,(H,55,56)/b13-12-,28-25-,37-36+/t43-,44-,45+,46+/m0/s1. The molecule has 0 spiro atoms. The summed E-state index contributed by atoms with van der Waals surface area (Å²) in [5.74, 6) is -1.18. The number of hydrogen-bond acceptors (Lipinski definition) is 10. The first kappa shape index (κ1) is 56.6. The topological polar surface area (TPSA) is 172 Å². The van der Waals surface area contributed by atoms with Gasteiger partial charge in [0, 0.05) is 25.3 Å². The van der Waals surface area contributed by atoms with E-state index < -0.39 is 38.6 Å². The van der Waals surface area contributed by atoms with Crippen LogP contribution in [0.1, 0.15) is 194 Å². The molecule has 0 aliphatic heterocycles. The molecule has 5 atom stereocenters. The van der Waals surface area contributed by atoms with Gasteiger partial charge in [0.2, 0.25) is 0 Å². The first-order chi connectivity index (χ1) is 29.6. The highest BCUT2D eigenvalue weighted by molar-refractivity contribution is 7.47. The molecule has 12 heteroatoms. The van der Waals surface area contributed by atoms with Crippen LogP contribution in [0.2, 0.25) is 0 Å². The monoisotopic (exact) mass is 880 g/mol. The number of hydrogen-bond donors (Lipinski definition) is 3. The zero-order chi connectivity index (χ0) is 44.7. The number of phosphoric acid groups is 1. The molecule has 0 aromatic heterocycles. The second-order valence-corrected chi connectivity index (χ2v) is 18.1. The van der Waals surface area contributed by atoms with Crippen LogP contribution in [0, 0.1) is 11.8 Å². The Balaban J connectivity index is 2.28. The fourth-order valence-corrected chi connectivity index (χ4v) is 7.97. The third-order valence-electron chi connectivity index (χ3n) is 10.9. The smallest absolute Gasteiger partial charge is 0.462 e. The molecule has 0 fully saturated rings. The highest BCUT2D eigenvalue weighted by Crippen LogP contribution is 2.43. The first-order valence-corrected chi connectivity index (χ1v) is 25.7. The number of carbonyl (C=O) groups is 3. The molecule has 11 nitrogen and oxygen atoms in total. The minimum Gasteiger partial charge on any atom is -0.462 e. The number of ketones is 1. The Morgan fingerprint density at radius 1 is 0.721 bits per heavy atom. The Hall–Kier alpha value is -2.40. The minimum atomic E-state index is -4.43. The Morgan fingerprint density at radius 2 is 1.26 bits per heavy atom. The zero-order valence-electron chi connectivity index (χ0n) is 38.2. The van der Waals surface area contributed by atoms with E-state index in [1.165, 1.54) is 96.3 Å². The van der Waals surface area contributed by atoms with Gasteiger partial charge in [-0.2, -0.15) is 0 Å². The SMILES string of the molecule is CCCCCCCC/C=C\CCCCCCCCCCCCCC(=O)O[C@H](COC(=O)CCC/C=C\C[C@H]1C=CC(=O)[C@@H]1/C=C/[C@@H](O)CCCCC)COP(=O)(O)OCCN. The van der Waals surface area contributed by atoms with Gasteiger partial charge >= 0.3 is 19.8 Å². The third kappa shape index (κ3) is 33.8. The quantitative estimate of drug-likeness (QED) is 0.0231. The lowest BCUT2D eigenvalue weighted by molar-refractivity contribution is -0.161. The van der Waals surface area contributed by atoms with Crippen LogP contribution in [-0.2, 0) is 37.5 Å². The van der Waals surface area contributed by atoms with Crippen LogP contribution >= 0.6 is 7.82 Å². The van der Waals surface area contributed by atoms with Crippen molar-refractivity contribution in [3.8, 4) is 0 Å². The van der Waals surface area contributed by atoms with Crippen LogP contribution in [0.25, 0.3) is 0 Å². The maximum absolute atomic E-state index is 12.7. The van der Waals surface area contributed by atoms with Crippen LogP contribution < -0.4 is 5.73 Å². The summed E-state index contributed by atoms with van der Waals surface area (Å²) in [5, 5.41) is 10.2. The van der Waals surface area contributed by atoms with Gasteiger partial charge < -0.3 is 25.2 Å². The molecule has 4 N–H and O–H groups in total. The second-order valence-electron chi connectivity index (χ2n) is 16.6. The summed E-state index contributed by atoms with van der Waals surface area (Å²) in [6.45, 7) is 3.42. The number of rotatable bonds is 42. The van der Waals surface area contributed by atoms with Gasteiger partial charge in [0.05, 0.1) is 19.3 Å². The van der Waals surface area contributed by atoms with E-state index >= 15 is 0 Å². The molecule has 0 amide bonds. The summed E-state index contributed by atoms with van der Waals surface area (Å²) in [4.78, 5) is 47.5. The predicted octanol–water partition coefficient (Wildman–Crippen LogP) is 11.9. The van der Waals surface area contributed by atoms with Crippen molar-refractivity contribution >= 4 is 25.5 Å². The summed E-state index contributed by atoms with van der Waals surface area (Å²) in [6, 6.07) is 0. The van der Waals surface area contributed by atoms with Gasteiger partial charge in [-0.1, -0.05) is 166 Å². The molecule has 0 aromatic carbocycles. The molecule has 1 aliphatic rings. The Morgan fingerprint density at radius 3 is 1.89 bits per heavy atom. The average molecular weight is 880 g/mol. The molecule has 352 valence electrons. The molecular weight excluding hydrogens is 794 g/mol. The number of phosphoric ester groups is 1. The molecule has 0 saturated heterocycles. The maximum Gasteiger partial charge on any atom is 0.472 e. The molecule has 1 aliphatic carbocycles. The lowest BCUT2D eigenvalue weighted by atomic mass is 9.90. The number of ether oxygens (including phenoxy) is 2. The van der Waals surface area contributed by atoms with Crippen molar-refractivity contribution in [2.24, 2.45) is 17.6 Å². The highest BCUT2D eigenvalue weighted by atomic mass is 31.2. The van der Waals surface area contributed by atoms with Crippen LogP contribution in [-0.4, -0.2) is 66.3 Å². The molecule has 0 bridgehead atoms. The molecule has 0 saturated carbocycles. The van der Waals surface area contributed by atoms with Crippen molar-refractivity contribution in [3.05, 3.63) is 48.6 Å². The highest BCUT2D eigenvalue weighted by Gasteiger charge is 2.27. The van der Waals surface area contributed by atoms with Gasteiger partial charge in [0.15, 0.2) is 11.9 Å². The molecule has 61 heavy (non-hydrogen) atoms. The molecule has 0 aromatic rings. The van der Waals surface area contributed by atoms with Gasteiger partial charge in [0.25, 0.3) is 0 Å². The van der Waals surface area contributed by atoms with Crippen molar-refractivity contribution in [2.75, 3.05) is 26.4 Å². The maximum atomic E-state index is 12.7. The fraction of sp³-hybridized carbons (Fsp3) is 0.776. The van der Waals surface area contributed by atoms with Gasteiger partial charge in [-0.3, -0.25) is 23.4 Å². The van der Waals surface area contributed by atoms with Crippen LogP contribution in [0.5, 0.6) is 0 Å². The number of carbonyl (C=O) groups excluding carboxylic acids is 3. The summed E-state index contributed by atoms with van der Waals surface area (Å²) < 4.78 is 32.8. The number of esters is 2. The fourth-order valence-electron chi connectivity index (χ4n) is 7.21. The number of aliphatic hydroxyl groups excluding tert-OH is 1. The van der Waals surface area contributed by atoms with E-state index in [9.17, 15) is 28.9 Å². The van der Waals surface area contributed by atoms with Crippen LogP contribution in [0.3, 0.4) is 0 Å². The summed E-state index contributed by atoms with van der Waals surface area (Å²) in [7, 11) is -4.43. The minimum absolute atomic E-state index is 0.0240. The normalized spacial score (nSPS) is 17.5. The van der Waals surface area contributed by atoms with E-state index in [4.69, 9.17) is 24.3 Å². The summed E-state index contributed by atoms with van der Waals surface area (Å²) in [6.07, 6.45) is 43.4. The molecule has 1 unspecified atom stereocenters. The van der Waals surface area contributed by atoms with E-state index in [0.29, 0.717) is 32.1 Å². The lowest BCUT2D eigenvalue weighted by Crippen LogP contribution is -2.29. The Labute approximate surface area is 370 Å². The van der Waals surface area contributed by atoms with E-state index in [1.54, 1.807) is 12.2 Å². The number of nitrogens with two attached hydrogens (primary N) is 1. The number of unbranched alkanes of at least 4 members (excludes halogenated alkanes) is 20. The molecule has 0 radical (unpaired) electrons. The largest absolute Gasteiger partial charge is 0.472 e. The first-order valence-electron chi connectivity index (χ1n) is 24.2. The predicted molar refractivity (Wildman–Crippen MR) is 247 cm³/mol. The lowest BCUT2D eigenvalue weighted by Gasteiger charge is -2.19. The van der Waals surface area contributed by atoms with Crippen molar-refractivity contribution < 1.29 is 47.5 Å². The van der Waals surface area contributed by atoms with Crippen molar-refractivity contribution in [1.29, 1.82) is 0 Å². The van der Waals surface area contributed by atoms with E-state index in [-0.39, 0.29) is 50.2 Å². The van der Waals surface area contributed by atoms with Crippen molar-refractivity contribution in [1.82, 2.24) is 0 Å². The summed E-state index contributed by atoms with van der Waals surface area (Å²) >= 11 is 0. The third-order valence-corrected chi connectivity index (χ3v) is 11.9. The number of allylic oxidation sites excluding steroid dienone is 7. The molecule has 0 heterocycles. The van der Waals surface area contributed by atoms with Gasteiger partial charge in [0.1, 0.15) is 6.61 Å². The number of aliphatic hydroxyl groups is 1. The zero-order valence-corrected chi connectivity index (χ0v) is 39.1. The molecular formula is C49H86NO10P. The van der Waals surface area contributed by atoms with Gasteiger partial charge in [-0.05, 0) is 69.8 Å². The van der Waals surface area contributed by atoms with Crippen LogP contribution in [0.4, 0.5) is 0 Å². The van der Waals surface area contributed by atoms with Crippen molar-refractivity contribution in [2.45, 2.75) is 206 Å². The Kier molecular flexibility index (Phi) is 36.4. The van der Waals surface area contributed by atoms with Crippen molar-refractivity contribution in [3.63, 3.8) is 0 Å². The molecule has 1 rings (SSSR count). The van der Waals surface area contributed by atoms with Crippen LogP contribution in [0.15, 0.2) is 48.6 Å². The second kappa shape index (κ2) is 39.2. The summed E-state index contributed by atoms with van der Waals surface area (Å²) in [5.41, 5.74) is 5.36. The Bertz CT molecular complexity index is 1280.